The van der Waals surface area contributed by atoms with Crippen molar-refractivity contribution in [3.05, 3.63) is 78.9 Å². The molecule has 1 nitrogen and oxygen atoms in total. The summed E-state index contributed by atoms with van der Waals surface area (Å²) in [6, 6.07) is 27.5. The number of phenolic OH excluding ortho intramolecular Hbond substituents is 1. The zero-order valence-electron chi connectivity index (χ0n) is 13.9. The van der Waals surface area contributed by atoms with Crippen molar-refractivity contribution < 1.29 is 5.11 Å². The smallest absolute Gasteiger partial charge is 0.116 e. The van der Waals surface area contributed by atoms with E-state index in [4.69, 9.17) is 0 Å². The Morgan fingerprint density at radius 3 is 1.88 bits per heavy atom. The zero-order valence-corrected chi connectivity index (χ0v) is 14.7. The Kier molecular flexibility index (Phi) is 2.69. The van der Waals surface area contributed by atoms with Crippen LogP contribution in [0.15, 0.2) is 78.9 Å². The summed E-state index contributed by atoms with van der Waals surface area (Å²) in [6.07, 6.45) is 0. The molecule has 0 fully saturated rings. The van der Waals surface area contributed by atoms with Crippen LogP contribution in [0.2, 0.25) is 0 Å². The number of fused-ring (bicyclic) bond motifs is 9. The van der Waals surface area contributed by atoms with Crippen molar-refractivity contribution in [3.63, 3.8) is 0 Å². The Balaban J connectivity index is 1.95. The zero-order chi connectivity index (χ0) is 17.3. The lowest BCUT2D eigenvalue weighted by atomic mass is 9.93. The molecule has 0 atom stereocenters. The molecule has 0 radical (unpaired) electrons. The fraction of sp³-hybridized carbons (Fsp3) is 0. The lowest BCUT2D eigenvalue weighted by molar-refractivity contribution is 0.476. The lowest BCUT2D eigenvalue weighted by Crippen LogP contribution is -1.83. The van der Waals surface area contributed by atoms with Gasteiger partial charge in [0, 0.05) is 20.2 Å². The van der Waals surface area contributed by atoms with Gasteiger partial charge < -0.3 is 5.11 Å². The minimum atomic E-state index is 0.310. The molecule has 1 heterocycles. The molecule has 0 spiro atoms. The van der Waals surface area contributed by atoms with Gasteiger partial charge >= 0.3 is 0 Å². The van der Waals surface area contributed by atoms with E-state index < -0.39 is 0 Å². The van der Waals surface area contributed by atoms with Crippen molar-refractivity contribution >= 4 is 63.8 Å². The van der Waals surface area contributed by atoms with Crippen molar-refractivity contribution in [2.75, 3.05) is 0 Å². The van der Waals surface area contributed by atoms with E-state index in [1.54, 1.807) is 6.07 Å². The maximum absolute atomic E-state index is 10.0. The molecule has 26 heavy (non-hydrogen) atoms. The summed E-state index contributed by atoms with van der Waals surface area (Å²) >= 11 is 1.84. The van der Waals surface area contributed by atoms with Gasteiger partial charge in [0.1, 0.15) is 5.75 Å². The van der Waals surface area contributed by atoms with Crippen LogP contribution in [0.5, 0.6) is 5.75 Å². The molecule has 5 aromatic carbocycles. The molecule has 0 aliphatic rings. The fourth-order valence-electron chi connectivity index (χ4n) is 4.16. The predicted octanol–water partition coefficient (Wildman–Crippen LogP) is 7.22. The van der Waals surface area contributed by atoms with Crippen LogP contribution in [0, 0.1) is 0 Å². The molecule has 0 aliphatic heterocycles. The van der Waals surface area contributed by atoms with Crippen LogP contribution in [0.25, 0.3) is 52.5 Å². The summed E-state index contributed by atoms with van der Waals surface area (Å²) < 4.78 is 2.63. The van der Waals surface area contributed by atoms with E-state index in [1.807, 2.05) is 23.5 Å². The molecule has 1 aromatic heterocycles. The largest absolute Gasteiger partial charge is 0.508 e. The second-order valence-corrected chi connectivity index (χ2v) is 7.85. The van der Waals surface area contributed by atoms with E-state index in [2.05, 4.69) is 60.7 Å². The molecular weight excluding hydrogens is 336 g/mol. The van der Waals surface area contributed by atoms with Gasteiger partial charge in [0.2, 0.25) is 0 Å². The van der Waals surface area contributed by atoms with E-state index in [0.717, 1.165) is 5.39 Å². The summed E-state index contributed by atoms with van der Waals surface area (Å²) in [4.78, 5) is 0. The highest BCUT2D eigenvalue weighted by Gasteiger charge is 2.12. The van der Waals surface area contributed by atoms with Gasteiger partial charge in [-0.15, -0.1) is 11.3 Å². The highest BCUT2D eigenvalue weighted by Crippen LogP contribution is 2.42. The van der Waals surface area contributed by atoms with Gasteiger partial charge in [0.25, 0.3) is 0 Å². The Morgan fingerprint density at radius 1 is 0.462 bits per heavy atom. The first-order chi connectivity index (χ1) is 12.8. The van der Waals surface area contributed by atoms with Crippen molar-refractivity contribution in [2.45, 2.75) is 0 Å². The average Bonchev–Trinajstić information content (AvgIpc) is 3.04. The first kappa shape index (κ1) is 14.1. The number of hydrogen-bond donors (Lipinski definition) is 1. The maximum atomic E-state index is 10.0. The lowest BCUT2D eigenvalue weighted by Gasteiger charge is -2.11. The van der Waals surface area contributed by atoms with Gasteiger partial charge in [0.05, 0.1) is 0 Å². The molecule has 0 saturated carbocycles. The monoisotopic (exact) mass is 350 g/mol. The third-order valence-electron chi connectivity index (χ3n) is 5.32. The number of phenols is 1. The number of thiophene rings is 1. The van der Waals surface area contributed by atoms with Gasteiger partial charge in [-0.2, -0.15) is 0 Å². The molecule has 1 N–H and O–H groups in total. The molecule has 0 saturated heterocycles. The van der Waals surface area contributed by atoms with Crippen LogP contribution in [0.4, 0.5) is 0 Å². The summed E-state index contributed by atoms with van der Waals surface area (Å²) in [6.45, 7) is 0. The minimum Gasteiger partial charge on any atom is -0.508 e. The molecule has 122 valence electrons. The van der Waals surface area contributed by atoms with Crippen molar-refractivity contribution in [1.82, 2.24) is 0 Å². The van der Waals surface area contributed by atoms with Crippen LogP contribution in [-0.2, 0) is 0 Å². The quantitative estimate of drug-likeness (QED) is 0.287. The van der Waals surface area contributed by atoms with Crippen molar-refractivity contribution in [2.24, 2.45) is 0 Å². The highest BCUT2D eigenvalue weighted by atomic mass is 32.1. The van der Waals surface area contributed by atoms with Crippen LogP contribution in [0.1, 0.15) is 0 Å². The molecule has 2 heteroatoms. The van der Waals surface area contributed by atoms with E-state index in [9.17, 15) is 5.11 Å². The predicted molar refractivity (Wildman–Crippen MR) is 114 cm³/mol. The molecule has 0 bridgehead atoms. The normalized spacial score (nSPS) is 12.0. The van der Waals surface area contributed by atoms with Gasteiger partial charge in [-0.05, 0) is 62.6 Å². The van der Waals surface area contributed by atoms with Crippen LogP contribution >= 0.6 is 11.3 Å². The Bertz CT molecular complexity index is 1490. The molecule has 6 aromatic rings. The van der Waals surface area contributed by atoms with E-state index in [0.29, 0.717) is 5.75 Å². The third-order valence-corrected chi connectivity index (χ3v) is 6.45. The number of benzene rings is 5. The summed E-state index contributed by atoms with van der Waals surface area (Å²) in [5.74, 6) is 0.310. The SMILES string of the molecule is Oc1ccc2c(c1)c1ccccc1c1cc3c(cc21)sc1ccccc13. The fourth-order valence-corrected chi connectivity index (χ4v) is 5.29. The molecule has 0 unspecified atom stereocenters. The molecular formula is C24H14OS. The Hall–Kier alpha value is -3.10. The van der Waals surface area contributed by atoms with Gasteiger partial charge in [0.15, 0.2) is 0 Å². The molecule has 0 amide bonds. The van der Waals surface area contributed by atoms with Crippen molar-refractivity contribution in [3.8, 4) is 5.75 Å². The maximum Gasteiger partial charge on any atom is 0.116 e. The Labute approximate surface area is 153 Å². The summed E-state index contributed by atoms with van der Waals surface area (Å²) in [5, 5.41) is 19.9. The van der Waals surface area contributed by atoms with Crippen LogP contribution in [-0.4, -0.2) is 5.11 Å². The van der Waals surface area contributed by atoms with Gasteiger partial charge in [-0.1, -0.05) is 48.5 Å². The first-order valence-electron chi connectivity index (χ1n) is 8.68. The topological polar surface area (TPSA) is 20.2 Å². The summed E-state index contributed by atoms with van der Waals surface area (Å²) in [5.41, 5.74) is 0. The van der Waals surface area contributed by atoms with E-state index in [-0.39, 0.29) is 0 Å². The third kappa shape index (κ3) is 1.80. The standard InChI is InChI=1S/C24H14OS/c25-14-9-10-17-19(11-14)15-5-1-2-6-16(15)20-12-22-18-7-3-4-8-23(18)26-24(22)13-21(17)20/h1-13,25H. The summed E-state index contributed by atoms with van der Waals surface area (Å²) in [7, 11) is 0. The molecule has 0 aliphatic carbocycles. The van der Waals surface area contributed by atoms with Crippen LogP contribution in [0.3, 0.4) is 0 Å². The second kappa shape index (κ2) is 4.96. The minimum absolute atomic E-state index is 0.310. The second-order valence-electron chi connectivity index (χ2n) is 6.77. The van der Waals surface area contributed by atoms with Crippen LogP contribution < -0.4 is 0 Å². The first-order valence-corrected chi connectivity index (χ1v) is 9.50. The van der Waals surface area contributed by atoms with E-state index >= 15 is 0 Å². The number of rotatable bonds is 0. The number of hydrogen-bond acceptors (Lipinski definition) is 2. The average molecular weight is 350 g/mol. The highest BCUT2D eigenvalue weighted by molar-refractivity contribution is 7.25. The number of aromatic hydroxyl groups is 1. The van der Waals surface area contributed by atoms with Gasteiger partial charge in [-0.3, -0.25) is 0 Å². The Morgan fingerprint density at radius 2 is 1.08 bits per heavy atom. The van der Waals surface area contributed by atoms with Gasteiger partial charge in [-0.25, -0.2) is 0 Å². The molecule has 6 rings (SSSR count). The van der Waals surface area contributed by atoms with Crippen molar-refractivity contribution in [1.29, 1.82) is 0 Å². The van der Waals surface area contributed by atoms with E-state index in [1.165, 1.54) is 47.1 Å².